The smallest absolute Gasteiger partial charge is 0.123 e. The Bertz CT molecular complexity index is 6370. The zero-order valence-electron chi connectivity index (χ0n) is 64.5. The summed E-state index contributed by atoms with van der Waals surface area (Å²) < 4.78 is 0. The highest BCUT2D eigenvalue weighted by Gasteiger charge is 2.22. The van der Waals surface area contributed by atoms with Gasteiger partial charge in [0.25, 0.3) is 0 Å². The summed E-state index contributed by atoms with van der Waals surface area (Å²) in [5.41, 5.74) is 15.7. The molecule has 119 heavy (non-hydrogen) atoms. The van der Waals surface area contributed by atoms with Crippen LogP contribution in [-0.2, 0) is 57.8 Å². The third-order valence-electron chi connectivity index (χ3n) is 21.3. The zero-order valence-corrected chi connectivity index (χ0v) is 64.5. The van der Waals surface area contributed by atoms with Crippen LogP contribution >= 0.6 is 0 Å². The van der Waals surface area contributed by atoms with Crippen LogP contribution in [0.1, 0.15) is 100 Å². The molecule has 0 bridgehead atoms. The molecular weight excluding hydrogens is 1490 g/mol. The summed E-state index contributed by atoms with van der Waals surface area (Å²) >= 11 is 0. The Labute approximate surface area is 686 Å². The van der Waals surface area contributed by atoms with Gasteiger partial charge in [-0.3, -0.25) is 0 Å². The van der Waals surface area contributed by atoms with Crippen LogP contribution in [0.4, 0.5) is 0 Å². The second-order valence-corrected chi connectivity index (χ2v) is 29.7. The standard InChI is InChI=1S/2C31H26O5.C24H20O4.C17H14O2/c32-25-7-1-19(2-8-25)13-23-17-28-22(18-30(23)35)16-24(14-20-3-9-26(33)10-4-20)31(36)29(28)15-21-5-11-27(34)12-6-21;32-23-7-1-19(2-8-23)15-22-18-27-26(29(31(22)36)17-21-5-11-25(34)12-6-21)13-14-30(35)28(27)16-20-3-9-24(33)10-4-20;25-19-6-1-15(2-7-19)11-18-13-21-17(14-24(18)28)5-10-23(27)22(21)12-16-3-8-20(26)9-4-16;18-14-8-5-12(6-9-14)11-13-7-10-17(19)16-4-2-1-3-15(13)16/h1-12,16-18,32-36H,13-15H2;1-14,18,32-36H,15-17H2;1-10,13-14,25-28H,11-12H2;1-10,18-19H,11H2. The molecule has 0 aliphatic rings. The van der Waals surface area contributed by atoms with Gasteiger partial charge >= 0.3 is 0 Å². The van der Waals surface area contributed by atoms with Crippen molar-refractivity contribution in [2.24, 2.45) is 0 Å². The van der Waals surface area contributed by atoms with Gasteiger partial charge < -0.3 is 81.7 Å². The van der Waals surface area contributed by atoms with Crippen LogP contribution in [0.3, 0.4) is 0 Å². The van der Waals surface area contributed by atoms with Crippen molar-refractivity contribution in [1.82, 2.24) is 0 Å². The highest BCUT2D eigenvalue weighted by molar-refractivity contribution is 5.95. The van der Waals surface area contributed by atoms with Gasteiger partial charge in [0.2, 0.25) is 0 Å². The lowest BCUT2D eigenvalue weighted by atomic mass is 9.88. The number of phenols is 16. The summed E-state index contributed by atoms with van der Waals surface area (Å²) in [5.74, 6) is 3.14. The van der Waals surface area contributed by atoms with Gasteiger partial charge in [-0.1, -0.05) is 152 Å². The molecule has 594 valence electrons. The average molecular weight is 1580 g/mol. The summed E-state index contributed by atoms with van der Waals surface area (Å²) in [6.07, 6.45) is 4.50. The van der Waals surface area contributed by atoms with E-state index in [4.69, 9.17) is 0 Å². The number of aromatic hydroxyl groups is 16. The molecule has 0 heterocycles. The number of benzene rings is 17. The fraction of sp³-hybridized carbons (Fsp3) is 0.0874. The van der Waals surface area contributed by atoms with E-state index in [-0.39, 0.29) is 86.2 Å². The highest BCUT2D eigenvalue weighted by Crippen LogP contribution is 2.43. The van der Waals surface area contributed by atoms with Crippen LogP contribution < -0.4 is 0 Å². The van der Waals surface area contributed by atoms with E-state index < -0.39 is 0 Å². The van der Waals surface area contributed by atoms with Crippen LogP contribution in [0.2, 0.25) is 0 Å². The van der Waals surface area contributed by atoms with Crippen LogP contribution in [0.15, 0.2) is 315 Å². The van der Waals surface area contributed by atoms with Crippen LogP contribution in [0.25, 0.3) is 43.1 Å². The number of rotatable bonds is 18. The van der Waals surface area contributed by atoms with Gasteiger partial charge in [-0.25, -0.2) is 0 Å². The molecule has 0 aliphatic carbocycles. The molecule has 0 saturated carbocycles. The van der Waals surface area contributed by atoms with E-state index in [0.29, 0.717) is 73.8 Å². The quantitative estimate of drug-likeness (QED) is 0.0380. The van der Waals surface area contributed by atoms with Gasteiger partial charge in [-0.2, -0.15) is 0 Å². The minimum absolute atomic E-state index is 0.160. The second-order valence-electron chi connectivity index (χ2n) is 29.7. The molecule has 0 atom stereocenters. The van der Waals surface area contributed by atoms with Crippen molar-refractivity contribution in [1.29, 1.82) is 0 Å². The van der Waals surface area contributed by atoms with Gasteiger partial charge in [0.1, 0.15) is 92.0 Å². The topological polar surface area (TPSA) is 324 Å². The first-order valence-electron chi connectivity index (χ1n) is 38.6. The maximum atomic E-state index is 11.4. The summed E-state index contributed by atoms with van der Waals surface area (Å²) in [5, 5.41) is 168. The number of fused-ring (bicyclic) bond motifs is 4. The lowest BCUT2D eigenvalue weighted by molar-refractivity contribution is 0.463. The maximum absolute atomic E-state index is 11.4. The van der Waals surface area contributed by atoms with E-state index in [1.54, 1.807) is 146 Å². The lowest BCUT2D eigenvalue weighted by Crippen LogP contribution is -1.99. The highest BCUT2D eigenvalue weighted by atomic mass is 16.3. The Morgan fingerprint density at radius 3 is 0.773 bits per heavy atom. The van der Waals surface area contributed by atoms with Gasteiger partial charge in [0.05, 0.1) is 0 Å². The van der Waals surface area contributed by atoms with E-state index in [0.717, 1.165) is 127 Å². The fourth-order valence-corrected chi connectivity index (χ4v) is 14.9. The van der Waals surface area contributed by atoms with Crippen molar-refractivity contribution in [3.05, 3.63) is 416 Å². The minimum atomic E-state index is 0.160. The first kappa shape index (κ1) is 80.2. The van der Waals surface area contributed by atoms with E-state index >= 15 is 0 Å². The second kappa shape index (κ2) is 36.0. The van der Waals surface area contributed by atoms with E-state index in [1.165, 1.54) is 5.56 Å². The van der Waals surface area contributed by atoms with Crippen molar-refractivity contribution in [2.75, 3.05) is 0 Å². The Morgan fingerprint density at radius 1 is 0.143 bits per heavy atom. The van der Waals surface area contributed by atoms with Crippen LogP contribution in [0, 0.1) is 0 Å². The number of hydrogen-bond donors (Lipinski definition) is 16. The van der Waals surface area contributed by atoms with Gasteiger partial charge in [0.15, 0.2) is 0 Å². The molecule has 16 heteroatoms. The minimum Gasteiger partial charge on any atom is -0.508 e. The largest absolute Gasteiger partial charge is 0.508 e. The summed E-state index contributed by atoms with van der Waals surface area (Å²) in [6, 6.07) is 91.8. The molecule has 0 aromatic heterocycles. The third kappa shape index (κ3) is 19.9. The van der Waals surface area contributed by atoms with Crippen LogP contribution in [0.5, 0.6) is 92.0 Å². The molecular formula is C103H86O16. The van der Waals surface area contributed by atoms with Crippen molar-refractivity contribution in [2.45, 2.75) is 57.8 Å². The Balaban J connectivity index is 0.000000133. The Morgan fingerprint density at radius 2 is 0.403 bits per heavy atom. The first-order valence-corrected chi connectivity index (χ1v) is 38.6. The zero-order chi connectivity index (χ0) is 83.4. The van der Waals surface area contributed by atoms with Crippen molar-refractivity contribution >= 4 is 43.1 Å². The van der Waals surface area contributed by atoms with Crippen molar-refractivity contribution < 1.29 is 81.7 Å². The van der Waals surface area contributed by atoms with Crippen molar-refractivity contribution in [3.63, 3.8) is 0 Å². The Kier molecular flexibility index (Phi) is 24.2. The Hall–Kier alpha value is -15.4. The number of hydrogen-bond acceptors (Lipinski definition) is 16. The molecule has 17 aromatic carbocycles. The number of phenolic OH excluding ortho intramolecular Hbond substituents is 16. The molecule has 0 saturated heterocycles. The van der Waals surface area contributed by atoms with Gasteiger partial charge in [-0.15, -0.1) is 0 Å². The molecule has 0 fully saturated rings. The SMILES string of the molecule is Oc1ccc(Cc2cc3c(Cc4ccc(O)cc4)c(O)c(Cc4ccc(O)cc4)cc3cc2O)cc1.Oc1ccc(Cc2cc3c(Cc4ccc(O)cc4)c(O)ccc3c(Cc3ccc(O)cc3)c2O)cc1.Oc1ccc(Cc2cc3c(Cc4ccc(O)cc4)c(O)ccc3cc2O)cc1.Oc1ccc(Cc2ccc(O)c3ccccc23)cc1. The normalized spacial score (nSPS) is 11.0. The van der Waals surface area contributed by atoms with E-state index in [9.17, 15) is 81.7 Å². The molecule has 0 radical (unpaired) electrons. The molecule has 0 unspecified atom stereocenters. The molecule has 0 amide bonds. The molecule has 0 spiro atoms. The molecule has 16 N–H and O–H groups in total. The predicted molar refractivity (Wildman–Crippen MR) is 466 cm³/mol. The summed E-state index contributed by atoms with van der Waals surface area (Å²) in [4.78, 5) is 0. The van der Waals surface area contributed by atoms with Crippen LogP contribution in [-0.4, -0.2) is 81.7 Å². The maximum Gasteiger partial charge on any atom is 0.123 e. The molecule has 17 rings (SSSR count). The lowest BCUT2D eigenvalue weighted by Gasteiger charge is -2.18. The molecule has 17 aromatic rings. The van der Waals surface area contributed by atoms with Gasteiger partial charge in [-0.05, 0) is 286 Å². The summed E-state index contributed by atoms with van der Waals surface area (Å²) in [7, 11) is 0. The fourth-order valence-electron chi connectivity index (χ4n) is 14.9. The monoisotopic (exact) mass is 1580 g/mol. The average Bonchev–Trinajstić information content (AvgIpc) is 0.746. The van der Waals surface area contributed by atoms with Crippen molar-refractivity contribution in [3.8, 4) is 92.0 Å². The third-order valence-corrected chi connectivity index (χ3v) is 21.3. The molecule has 16 nitrogen and oxygen atoms in total. The first-order chi connectivity index (χ1) is 57.4. The van der Waals surface area contributed by atoms with E-state index in [2.05, 4.69) is 0 Å². The predicted octanol–water partition coefficient (Wildman–Crippen LogP) is 21.0. The van der Waals surface area contributed by atoms with E-state index in [1.807, 2.05) is 170 Å². The summed E-state index contributed by atoms with van der Waals surface area (Å²) in [6.45, 7) is 0. The molecule has 0 aliphatic heterocycles. The van der Waals surface area contributed by atoms with Gasteiger partial charge in [0, 0.05) is 79.0 Å².